The summed E-state index contributed by atoms with van der Waals surface area (Å²) < 4.78 is 5.41. The molecule has 0 unspecified atom stereocenters. The number of hydrogen-bond acceptors (Lipinski definition) is 4. The molecule has 1 aliphatic rings. The molecule has 0 spiro atoms. The van der Waals surface area contributed by atoms with Crippen LogP contribution in [0.15, 0.2) is 24.3 Å². The first-order valence-corrected chi connectivity index (χ1v) is 5.20. The molecule has 1 aliphatic carbocycles. The van der Waals surface area contributed by atoms with Crippen LogP contribution in [0.3, 0.4) is 0 Å². The van der Waals surface area contributed by atoms with Gasteiger partial charge in [0.1, 0.15) is 5.75 Å². The van der Waals surface area contributed by atoms with Gasteiger partial charge in [-0.25, -0.2) is 4.79 Å². The van der Waals surface area contributed by atoms with Gasteiger partial charge in [0.2, 0.25) is 5.60 Å². The maximum atomic E-state index is 11.0. The highest BCUT2D eigenvalue weighted by Crippen LogP contribution is 2.37. The standard InChI is InChI=1S/C11H11NO5/c13-10(14)11(6-1-7-11)17-9-4-2-8(3-5-9)12(15)16/h2-5H,1,6-7H2,(H,13,14). The summed E-state index contributed by atoms with van der Waals surface area (Å²) >= 11 is 0. The number of non-ortho nitro benzene ring substituents is 1. The Kier molecular flexibility index (Phi) is 2.71. The largest absolute Gasteiger partial charge is 0.478 e. The number of nitrogens with zero attached hydrogens (tertiary/aromatic N) is 1. The average Bonchev–Trinajstić information content (AvgIpc) is 2.23. The van der Waals surface area contributed by atoms with Gasteiger partial charge in [0.05, 0.1) is 4.92 Å². The summed E-state index contributed by atoms with van der Waals surface area (Å²) in [5.41, 5.74) is -1.19. The van der Waals surface area contributed by atoms with Gasteiger partial charge in [-0.15, -0.1) is 0 Å². The maximum absolute atomic E-state index is 11.0. The van der Waals surface area contributed by atoms with Crippen LogP contribution in [0.5, 0.6) is 5.75 Å². The molecule has 0 amide bonds. The molecule has 1 saturated carbocycles. The van der Waals surface area contributed by atoms with Gasteiger partial charge in [0, 0.05) is 12.1 Å². The lowest BCUT2D eigenvalue weighted by atomic mass is 9.80. The fourth-order valence-corrected chi connectivity index (χ4v) is 1.72. The van der Waals surface area contributed by atoms with E-state index in [1.807, 2.05) is 0 Å². The second-order valence-electron chi connectivity index (χ2n) is 4.01. The van der Waals surface area contributed by atoms with E-state index in [1.165, 1.54) is 24.3 Å². The van der Waals surface area contributed by atoms with Gasteiger partial charge in [-0.3, -0.25) is 10.1 Å². The van der Waals surface area contributed by atoms with E-state index in [-0.39, 0.29) is 5.69 Å². The number of carboxylic acids is 1. The number of ether oxygens (including phenoxy) is 1. The zero-order valence-electron chi connectivity index (χ0n) is 8.96. The highest BCUT2D eigenvalue weighted by molar-refractivity contribution is 5.79. The quantitative estimate of drug-likeness (QED) is 0.638. The van der Waals surface area contributed by atoms with Crippen molar-refractivity contribution in [3.8, 4) is 5.75 Å². The molecule has 0 heterocycles. The minimum Gasteiger partial charge on any atom is -0.478 e. The summed E-state index contributed by atoms with van der Waals surface area (Å²) in [6.07, 6.45) is 1.76. The van der Waals surface area contributed by atoms with Crippen molar-refractivity contribution in [1.29, 1.82) is 0 Å². The SMILES string of the molecule is O=C(O)C1(Oc2ccc([N+](=O)[O-])cc2)CCC1. The number of benzene rings is 1. The van der Waals surface area contributed by atoms with Crippen LogP contribution in [0.25, 0.3) is 0 Å². The Hall–Kier alpha value is -2.11. The van der Waals surface area contributed by atoms with Crippen LogP contribution in [-0.4, -0.2) is 21.6 Å². The number of hydrogen-bond donors (Lipinski definition) is 1. The number of carboxylic acid groups (broad SMARTS) is 1. The fraction of sp³-hybridized carbons (Fsp3) is 0.364. The van der Waals surface area contributed by atoms with E-state index in [4.69, 9.17) is 9.84 Å². The van der Waals surface area contributed by atoms with E-state index >= 15 is 0 Å². The number of rotatable bonds is 4. The van der Waals surface area contributed by atoms with E-state index in [0.29, 0.717) is 18.6 Å². The van der Waals surface area contributed by atoms with Gasteiger partial charge in [-0.2, -0.15) is 0 Å². The van der Waals surface area contributed by atoms with Crippen molar-refractivity contribution in [2.24, 2.45) is 0 Å². The summed E-state index contributed by atoms with van der Waals surface area (Å²) in [4.78, 5) is 21.0. The number of nitro groups is 1. The van der Waals surface area contributed by atoms with Crippen molar-refractivity contribution in [2.45, 2.75) is 24.9 Å². The highest BCUT2D eigenvalue weighted by Gasteiger charge is 2.47. The van der Waals surface area contributed by atoms with Crippen molar-refractivity contribution in [2.75, 3.05) is 0 Å². The minimum absolute atomic E-state index is 0.0460. The second kappa shape index (κ2) is 4.04. The second-order valence-corrected chi connectivity index (χ2v) is 4.01. The Morgan fingerprint density at radius 3 is 2.29 bits per heavy atom. The van der Waals surface area contributed by atoms with Gasteiger partial charge in [-0.05, 0) is 31.4 Å². The molecule has 1 aromatic rings. The first-order chi connectivity index (χ1) is 8.03. The molecule has 17 heavy (non-hydrogen) atoms. The normalized spacial score (nSPS) is 16.9. The predicted octanol–water partition coefficient (Wildman–Crippen LogP) is 1.98. The molecule has 6 heteroatoms. The molecule has 0 bridgehead atoms. The third-order valence-electron chi connectivity index (χ3n) is 2.91. The van der Waals surface area contributed by atoms with Crippen molar-refractivity contribution in [3.63, 3.8) is 0 Å². The molecule has 0 saturated heterocycles. The lowest BCUT2D eigenvalue weighted by molar-refractivity contribution is -0.384. The molecule has 0 aromatic heterocycles. The van der Waals surface area contributed by atoms with Crippen LogP contribution in [0, 0.1) is 10.1 Å². The van der Waals surface area contributed by atoms with E-state index in [1.54, 1.807) is 0 Å². The molecule has 0 radical (unpaired) electrons. The topological polar surface area (TPSA) is 89.7 Å². The molecule has 6 nitrogen and oxygen atoms in total. The zero-order valence-corrected chi connectivity index (χ0v) is 8.96. The Morgan fingerprint density at radius 1 is 1.35 bits per heavy atom. The fourth-order valence-electron chi connectivity index (χ4n) is 1.72. The minimum atomic E-state index is -1.14. The van der Waals surface area contributed by atoms with Gasteiger partial charge < -0.3 is 9.84 Å². The first-order valence-electron chi connectivity index (χ1n) is 5.20. The summed E-state index contributed by atoms with van der Waals surface area (Å²) in [6.45, 7) is 0. The third-order valence-corrected chi connectivity index (χ3v) is 2.91. The van der Waals surface area contributed by atoms with E-state index < -0.39 is 16.5 Å². The van der Waals surface area contributed by atoms with Gasteiger partial charge in [0.15, 0.2) is 0 Å². The summed E-state index contributed by atoms with van der Waals surface area (Å²) in [6, 6.07) is 5.43. The van der Waals surface area contributed by atoms with Gasteiger partial charge in [0.25, 0.3) is 5.69 Å². The first kappa shape index (κ1) is 11.4. The molecule has 1 aromatic carbocycles. The summed E-state index contributed by atoms with van der Waals surface area (Å²) in [7, 11) is 0. The maximum Gasteiger partial charge on any atom is 0.348 e. The number of carbonyl (C=O) groups is 1. The molecule has 1 N–H and O–H groups in total. The van der Waals surface area contributed by atoms with E-state index in [0.717, 1.165) is 6.42 Å². The van der Waals surface area contributed by atoms with Crippen LogP contribution in [0.4, 0.5) is 5.69 Å². The molecule has 0 atom stereocenters. The molecule has 2 rings (SSSR count). The average molecular weight is 237 g/mol. The van der Waals surface area contributed by atoms with Crippen LogP contribution in [-0.2, 0) is 4.79 Å². The van der Waals surface area contributed by atoms with Gasteiger partial charge >= 0.3 is 5.97 Å². The highest BCUT2D eigenvalue weighted by atomic mass is 16.6. The number of nitro benzene ring substituents is 1. The molecular weight excluding hydrogens is 226 g/mol. The Bertz CT molecular complexity index is 449. The smallest absolute Gasteiger partial charge is 0.348 e. The molecular formula is C11H11NO5. The zero-order chi connectivity index (χ0) is 12.5. The Morgan fingerprint density at radius 2 is 1.94 bits per heavy atom. The van der Waals surface area contributed by atoms with Crippen LogP contribution in [0.1, 0.15) is 19.3 Å². The van der Waals surface area contributed by atoms with Crippen molar-refractivity contribution >= 4 is 11.7 Å². The van der Waals surface area contributed by atoms with Crippen LogP contribution >= 0.6 is 0 Å². The van der Waals surface area contributed by atoms with Crippen LogP contribution < -0.4 is 4.74 Å². The summed E-state index contributed by atoms with van der Waals surface area (Å²) in [5, 5.41) is 19.5. The lowest BCUT2D eigenvalue weighted by Crippen LogP contribution is -2.50. The van der Waals surface area contributed by atoms with Gasteiger partial charge in [-0.1, -0.05) is 0 Å². The van der Waals surface area contributed by atoms with Crippen molar-refractivity contribution in [1.82, 2.24) is 0 Å². The third kappa shape index (κ3) is 2.06. The lowest BCUT2D eigenvalue weighted by Gasteiger charge is -2.37. The van der Waals surface area contributed by atoms with Crippen molar-refractivity contribution in [3.05, 3.63) is 34.4 Å². The molecule has 90 valence electrons. The Labute approximate surface area is 97.0 Å². The number of aliphatic carboxylic acids is 1. The van der Waals surface area contributed by atoms with E-state index in [9.17, 15) is 14.9 Å². The molecule has 1 fully saturated rings. The monoisotopic (exact) mass is 237 g/mol. The van der Waals surface area contributed by atoms with E-state index in [2.05, 4.69) is 0 Å². The summed E-state index contributed by atoms with van der Waals surface area (Å²) in [5.74, 6) is -0.639. The predicted molar refractivity (Wildman–Crippen MR) is 57.9 cm³/mol. The molecule has 0 aliphatic heterocycles. The van der Waals surface area contributed by atoms with Crippen molar-refractivity contribution < 1.29 is 19.6 Å². The van der Waals surface area contributed by atoms with Crippen LogP contribution in [0.2, 0.25) is 0 Å². The Balaban J connectivity index is 2.13.